The normalized spacial score (nSPS) is 20.6. The largest absolute Gasteiger partial charge is 0.473 e. The Bertz CT molecular complexity index is 341. The molecule has 1 atom stereocenters. The minimum atomic E-state index is -0.550. The van der Waals surface area contributed by atoms with Gasteiger partial charge in [0.15, 0.2) is 0 Å². The number of hydrogen-bond donors (Lipinski definition) is 2. The van der Waals surface area contributed by atoms with Crippen LogP contribution < -0.4 is 10.1 Å². The molecule has 1 aliphatic rings. The molecule has 0 aliphatic carbocycles. The van der Waals surface area contributed by atoms with E-state index in [1.807, 2.05) is 0 Å². The van der Waals surface area contributed by atoms with Gasteiger partial charge in [-0.05, 0) is 19.8 Å². The zero-order chi connectivity index (χ0) is 12.8. The molecule has 2 heterocycles. The van der Waals surface area contributed by atoms with Crippen LogP contribution in [0.25, 0.3) is 0 Å². The second kappa shape index (κ2) is 6.42. The van der Waals surface area contributed by atoms with Crippen molar-refractivity contribution in [2.24, 2.45) is 0 Å². The smallest absolute Gasteiger partial charge is 0.245 e. The van der Waals surface area contributed by atoms with Crippen LogP contribution in [-0.4, -0.2) is 51.9 Å². The first-order chi connectivity index (χ1) is 8.68. The summed E-state index contributed by atoms with van der Waals surface area (Å²) in [7, 11) is 0. The number of nitrogens with one attached hydrogen (secondary N) is 1. The number of β-amino-alcohol motifs (C(OH)–C–C–N with tert-alkyl or cyclic N) is 1. The van der Waals surface area contributed by atoms with E-state index < -0.39 is 6.10 Å². The summed E-state index contributed by atoms with van der Waals surface area (Å²) in [6.07, 6.45) is 2.93. The standard InChI is InChI=1S/C11H19N3O3S/c1-11(2-4-16-5-3-11)12-6-9(15)8-17-10-7-13-18-14-10/h7,9,12,15H,2-6,8H2,1H3. The first kappa shape index (κ1) is 13.7. The van der Waals surface area contributed by atoms with Crippen LogP contribution in [0.3, 0.4) is 0 Å². The number of hydrogen-bond acceptors (Lipinski definition) is 7. The predicted octanol–water partition coefficient (Wildman–Crippen LogP) is 0.436. The molecule has 1 saturated heterocycles. The Morgan fingerprint density at radius 3 is 3.06 bits per heavy atom. The summed E-state index contributed by atoms with van der Waals surface area (Å²) in [6, 6.07) is 0. The van der Waals surface area contributed by atoms with E-state index in [2.05, 4.69) is 21.0 Å². The Morgan fingerprint density at radius 2 is 2.39 bits per heavy atom. The Balaban J connectivity index is 1.66. The van der Waals surface area contributed by atoms with E-state index in [9.17, 15) is 5.11 Å². The van der Waals surface area contributed by atoms with Crippen molar-refractivity contribution in [1.82, 2.24) is 14.1 Å². The lowest BCUT2D eigenvalue weighted by atomic mass is 9.92. The SMILES string of the molecule is CC1(NCC(O)COc2cnsn2)CCOCC1. The molecule has 18 heavy (non-hydrogen) atoms. The summed E-state index contributed by atoms with van der Waals surface area (Å²) >= 11 is 1.09. The van der Waals surface area contributed by atoms with Gasteiger partial charge in [0.05, 0.1) is 11.7 Å². The van der Waals surface area contributed by atoms with Crippen LogP contribution in [0.1, 0.15) is 19.8 Å². The van der Waals surface area contributed by atoms with Gasteiger partial charge < -0.3 is 19.9 Å². The summed E-state index contributed by atoms with van der Waals surface area (Å²) in [6.45, 7) is 4.45. The number of aromatic nitrogens is 2. The molecule has 1 fully saturated rings. The second-order valence-electron chi connectivity index (χ2n) is 4.76. The minimum Gasteiger partial charge on any atom is -0.473 e. The van der Waals surface area contributed by atoms with Crippen LogP contribution in [0.15, 0.2) is 6.20 Å². The number of ether oxygens (including phenoxy) is 2. The molecule has 1 aromatic rings. The summed E-state index contributed by atoms with van der Waals surface area (Å²) in [5, 5.41) is 13.2. The topological polar surface area (TPSA) is 76.5 Å². The Labute approximate surface area is 111 Å². The fraction of sp³-hybridized carbons (Fsp3) is 0.818. The highest BCUT2D eigenvalue weighted by Crippen LogP contribution is 2.19. The van der Waals surface area contributed by atoms with Crippen molar-refractivity contribution in [3.63, 3.8) is 0 Å². The maximum Gasteiger partial charge on any atom is 0.245 e. The third kappa shape index (κ3) is 4.16. The van der Waals surface area contributed by atoms with Crippen LogP contribution >= 0.6 is 11.7 Å². The van der Waals surface area contributed by atoms with Crippen molar-refractivity contribution in [2.45, 2.75) is 31.4 Å². The van der Waals surface area contributed by atoms with Crippen molar-refractivity contribution < 1.29 is 14.6 Å². The minimum absolute atomic E-state index is 0.0570. The number of aliphatic hydroxyl groups excluding tert-OH is 1. The first-order valence-electron chi connectivity index (χ1n) is 6.09. The molecule has 0 spiro atoms. The summed E-state index contributed by atoms with van der Waals surface area (Å²) in [5.74, 6) is 0.469. The van der Waals surface area contributed by atoms with E-state index >= 15 is 0 Å². The lowest BCUT2D eigenvalue weighted by Gasteiger charge is -2.35. The molecule has 0 radical (unpaired) electrons. The van der Waals surface area contributed by atoms with Gasteiger partial charge in [0.25, 0.3) is 0 Å². The van der Waals surface area contributed by atoms with Crippen LogP contribution in [0, 0.1) is 0 Å². The average molecular weight is 273 g/mol. The molecule has 0 bridgehead atoms. The molecule has 2 N–H and O–H groups in total. The van der Waals surface area contributed by atoms with E-state index in [4.69, 9.17) is 9.47 Å². The van der Waals surface area contributed by atoms with Gasteiger partial charge in [-0.2, -0.15) is 4.37 Å². The number of nitrogens with zero attached hydrogens (tertiary/aromatic N) is 2. The maximum atomic E-state index is 9.83. The second-order valence-corrected chi connectivity index (χ2v) is 5.32. The maximum absolute atomic E-state index is 9.83. The predicted molar refractivity (Wildman–Crippen MR) is 67.9 cm³/mol. The molecular formula is C11H19N3O3S. The Hall–Kier alpha value is -0.760. The Morgan fingerprint density at radius 1 is 1.61 bits per heavy atom. The first-order valence-corrected chi connectivity index (χ1v) is 6.82. The van der Waals surface area contributed by atoms with Crippen LogP contribution in [0.4, 0.5) is 0 Å². The molecule has 102 valence electrons. The van der Waals surface area contributed by atoms with E-state index in [1.54, 1.807) is 6.20 Å². The third-order valence-electron chi connectivity index (χ3n) is 3.13. The molecule has 7 heteroatoms. The van der Waals surface area contributed by atoms with Crippen molar-refractivity contribution in [3.8, 4) is 5.88 Å². The van der Waals surface area contributed by atoms with E-state index in [1.165, 1.54) is 0 Å². The van der Waals surface area contributed by atoms with Gasteiger partial charge in [-0.3, -0.25) is 0 Å². The summed E-state index contributed by atoms with van der Waals surface area (Å²) in [4.78, 5) is 0. The fourth-order valence-corrected chi connectivity index (χ4v) is 2.19. The molecule has 1 unspecified atom stereocenters. The molecule has 1 aliphatic heterocycles. The highest BCUT2D eigenvalue weighted by Gasteiger charge is 2.27. The molecule has 6 nitrogen and oxygen atoms in total. The number of aliphatic hydroxyl groups is 1. The molecule has 2 rings (SSSR count). The monoisotopic (exact) mass is 273 g/mol. The zero-order valence-corrected chi connectivity index (χ0v) is 11.3. The van der Waals surface area contributed by atoms with E-state index in [0.29, 0.717) is 12.4 Å². The van der Waals surface area contributed by atoms with Gasteiger partial charge in [-0.1, -0.05) is 0 Å². The van der Waals surface area contributed by atoms with E-state index in [0.717, 1.165) is 37.8 Å². The van der Waals surface area contributed by atoms with Gasteiger partial charge in [0, 0.05) is 25.3 Å². The number of rotatable bonds is 6. The van der Waals surface area contributed by atoms with Crippen molar-refractivity contribution in [3.05, 3.63) is 6.20 Å². The highest BCUT2D eigenvalue weighted by atomic mass is 32.1. The fourth-order valence-electron chi connectivity index (χ4n) is 1.82. The summed E-state index contributed by atoms with van der Waals surface area (Å²) < 4.78 is 18.4. The van der Waals surface area contributed by atoms with Crippen LogP contribution in [-0.2, 0) is 4.74 Å². The molecule has 0 saturated carbocycles. The van der Waals surface area contributed by atoms with Crippen molar-refractivity contribution >= 4 is 11.7 Å². The zero-order valence-electron chi connectivity index (χ0n) is 10.5. The third-order valence-corrected chi connectivity index (χ3v) is 3.59. The van der Waals surface area contributed by atoms with Crippen molar-refractivity contribution in [1.29, 1.82) is 0 Å². The van der Waals surface area contributed by atoms with Gasteiger partial charge in [-0.25, -0.2) is 0 Å². The van der Waals surface area contributed by atoms with E-state index in [-0.39, 0.29) is 12.1 Å². The van der Waals surface area contributed by atoms with Gasteiger partial charge in [-0.15, -0.1) is 4.37 Å². The lowest BCUT2D eigenvalue weighted by molar-refractivity contribution is 0.0340. The molecular weight excluding hydrogens is 254 g/mol. The highest BCUT2D eigenvalue weighted by molar-refractivity contribution is 6.99. The van der Waals surface area contributed by atoms with Crippen molar-refractivity contribution in [2.75, 3.05) is 26.4 Å². The van der Waals surface area contributed by atoms with Crippen LogP contribution in [0.5, 0.6) is 5.88 Å². The summed E-state index contributed by atoms with van der Waals surface area (Å²) in [5.41, 5.74) is 0.0570. The van der Waals surface area contributed by atoms with Gasteiger partial charge >= 0.3 is 0 Å². The quantitative estimate of drug-likeness (QED) is 0.783. The molecule has 1 aromatic heterocycles. The van der Waals surface area contributed by atoms with Gasteiger partial charge in [0.1, 0.15) is 18.9 Å². The molecule has 0 amide bonds. The average Bonchev–Trinajstić information content (AvgIpc) is 2.88. The van der Waals surface area contributed by atoms with Gasteiger partial charge in [0.2, 0.25) is 5.88 Å². The lowest BCUT2D eigenvalue weighted by Crippen LogP contribution is -2.50. The Kier molecular flexibility index (Phi) is 4.87. The van der Waals surface area contributed by atoms with Crippen LogP contribution in [0.2, 0.25) is 0 Å². The molecule has 0 aromatic carbocycles.